The molecule has 188 valence electrons. The summed E-state index contributed by atoms with van der Waals surface area (Å²) in [5.74, 6) is -0.0650. The zero-order valence-electron chi connectivity index (χ0n) is 19.8. The number of hydrogen-bond acceptors (Lipinski definition) is 9. The topological polar surface area (TPSA) is 167 Å². The predicted molar refractivity (Wildman–Crippen MR) is 123 cm³/mol. The largest absolute Gasteiger partial charge is 0.394 e. The van der Waals surface area contributed by atoms with Crippen LogP contribution >= 0.6 is 0 Å². The second kappa shape index (κ2) is 14.4. The van der Waals surface area contributed by atoms with Crippen LogP contribution < -0.4 is 16.4 Å². The standard InChI is InChI=1S/C22H35N7O5/c1-22(2,23)21(32)25-18(16-34-15-17-7-4-3-5-8-17)20-26-27-28-29(20)11-6-9-19(31)24-10-13-33-14-12-30/h3-5,7-8,18,30H,6,9-16,23H2,1-2H3,(H,24,31)(H,25,32)/t18-/m1/s1. The Balaban J connectivity index is 1.92. The van der Waals surface area contributed by atoms with Gasteiger partial charge in [-0.05, 0) is 36.3 Å². The van der Waals surface area contributed by atoms with Crippen molar-refractivity contribution in [2.24, 2.45) is 5.73 Å². The number of aromatic nitrogens is 4. The number of amides is 2. The summed E-state index contributed by atoms with van der Waals surface area (Å²) in [6.45, 7) is 5.02. The molecule has 1 heterocycles. The average molecular weight is 478 g/mol. The molecule has 0 fully saturated rings. The molecule has 0 radical (unpaired) electrons. The Morgan fingerprint density at radius 1 is 1.21 bits per heavy atom. The lowest BCUT2D eigenvalue weighted by Gasteiger charge is -2.23. The summed E-state index contributed by atoms with van der Waals surface area (Å²) in [5.41, 5.74) is 5.85. The molecule has 1 aromatic heterocycles. The predicted octanol–water partition coefficient (Wildman–Crippen LogP) is -0.310. The molecular weight excluding hydrogens is 442 g/mol. The first-order chi connectivity index (χ1) is 16.3. The van der Waals surface area contributed by atoms with Crippen LogP contribution in [-0.2, 0) is 32.2 Å². The number of aryl methyl sites for hydroxylation is 1. The molecule has 1 aromatic carbocycles. The number of nitrogens with two attached hydrogens (primary N) is 1. The van der Waals surface area contributed by atoms with Crippen LogP contribution in [0.15, 0.2) is 30.3 Å². The summed E-state index contributed by atoms with van der Waals surface area (Å²) in [5, 5.41) is 26.1. The van der Waals surface area contributed by atoms with Crippen LogP contribution in [0, 0.1) is 0 Å². The van der Waals surface area contributed by atoms with Crippen LogP contribution in [0.5, 0.6) is 0 Å². The van der Waals surface area contributed by atoms with E-state index >= 15 is 0 Å². The third-order valence-electron chi connectivity index (χ3n) is 4.74. The lowest BCUT2D eigenvalue weighted by atomic mass is 10.1. The first kappa shape index (κ1) is 27.3. The number of nitrogens with one attached hydrogen (secondary N) is 2. The van der Waals surface area contributed by atoms with Gasteiger partial charge in [-0.3, -0.25) is 9.59 Å². The SMILES string of the molecule is CC(C)(N)C(=O)N[C@H](COCc1ccccc1)c1nnnn1CCCC(=O)NCCOCCO. The minimum absolute atomic E-state index is 0.0518. The van der Waals surface area contributed by atoms with E-state index in [0.29, 0.717) is 38.5 Å². The molecule has 0 aliphatic rings. The van der Waals surface area contributed by atoms with Crippen molar-refractivity contribution in [2.75, 3.05) is 33.0 Å². The lowest BCUT2D eigenvalue weighted by Crippen LogP contribution is -2.51. The van der Waals surface area contributed by atoms with E-state index < -0.39 is 11.6 Å². The number of carbonyl (C=O) groups is 2. The minimum Gasteiger partial charge on any atom is -0.394 e. The van der Waals surface area contributed by atoms with Gasteiger partial charge in [0.25, 0.3) is 0 Å². The molecule has 5 N–H and O–H groups in total. The smallest absolute Gasteiger partial charge is 0.240 e. The van der Waals surface area contributed by atoms with Gasteiger partial charge in [0.1, 0.15) is 6.04 Å². The maximum Gasteiger partial charge on any atom is 0.240 e. The third kappa shape index (κ3) is 9.91. The summed E-state index contributed by atoms with van der Waals surface area (Å²) in [6, 6.07) is 9.05. The quantitative estimate of drug-likeness (QED) is 0.237. The van der Waals surface area contributed by atoms with Gasteiger partial charge in [-0.1, -0.05) is 30.3 Å². The number of rotatable bonds is 16. The Morgan fingerprint density at radius 3 is 2.68 bits per heavy atom. The Labute approximate surface area is 199 Å². The molecule has 1 atom stereocenters. The highest BCUT2D eigenvalue weighted by atomic mass is 16.5. The molecule has 0 spiro atoms. The Kier molecular flexibility index (Phi) is 11.5. The summed E-state index contributed by atoms with van der Waals surface area (Å²) < 4.78 is 12.5. The summed E-state index contributed by atoms with van der Waals surface area (Å²) in [7, 11) is 0. The van der Waals surface area contributed by atoms with Crippen molar-refractivity contribution in [1.82, 2.24) is 30.8 Å². The van der Waals surface area contributed by atoms with Crippen molar-refractivity contribution in [1.29, 1.82) is 0 Å². The molecule has 12 nitrogen and oxygen atoms in total. The number of nitrogens with zero attached hydrogens (tertiary/aromatic N) is 4. The fourth-order valence-corrected chi connectivity index (χ4v) is 2.92. The Morgan fingerprint density at radius 2 is 1.97 bits per heavy atom. The molecular formula is C22H35N7O5. The summed E-state index contributed by atoms with van der Waals surface area (Å²) in [6.07, 6.45) is 0.770. The number of carbonyl (C=O) groups excluding carboxylic acids is 2. The van der Waals surface area contributed by atoms with Crippen molar-refractivity contribution in [3.8, 4) is 0 Å². The first-order valence-electron chi connectivity index (χ1n) is 11.2. The number of aliphatic hydroxyl groups is 1. The molecule has 2 amide bonds. The normalized spacial score (nSPS) is 12.4. The lowest BCUT2D eigenvalue weighted by molar-refractivity contribution is -0.126. The molecule has 34 heavy (non-hydrogen) atoms. The van der Waals surface area contributed by atoms with Crippen molar-refractivity contribution in [3.05, 3.63) is 41.7 Å². The van der Waals surface area contributed by atoms with Gasteiger partial charge < -0.3 is 30.9 Å². The van der Waals surface area contributed by atoms with E-state index in [9.17, 15) is 9.59 Å². The molecule has 12 heteroatoms. The fraction of sp³-hybridized carbons (Fsp3) is 0.591. The van der Waals surface area contributed by atoms with Gasteiger partial charge >= 0.3 is 0 Å². The second-order valence-electron chi connectivity index (χ2n) is 8.30. The third-order valence-corrected chi connectivity index (χ3v) is 4.74. The molecule has 0 aliphatic carbocycles. The van der Waals surface area contributed by atoms with E-state index in [4.69, 9.17) is 20.3 Å². The van der Waals surface area contributed by atoms with Crippen LogP contribution in [-0.4, -0.2) is 75.6 Å². The van der Waals surface area contributed by atoms with Gasteiger partial charge in [0.05, 0.1) is 38.6 Å². The van der Waals surface area contributed by atoms with E-state index in [-0.39, 0.29) is 38.1 Å². The van der Waals surface area contributed by atoms with Gasteiger partial charge in [-0.25, -0.2) is 4.68 Å². The molecule has 0 aliphatic heterocycles. The molecule has 2 aromatic rings. The summed E-state index contributed by atoms with van der Waals surface area (Å²) >= 11 is 0. The number of benzene rings is 1. The van der Waals surface area contributed by atoms with E-state index in [2.05, 4.69) is 26.2 Å². The highest BCUT2D eigenvalue weighted by Gasteiger charge is 2.28. The van der Waals surface area contributed by atoms with Crippen molar-refractivity contribution in [2.45, 2.75) is 51.4 Å². The van der Waals surface area contributed by atoms with E-state index in [1.807, 2.05) is 30.3 Å². The van der Waals surface area contributed by atoms with Crippen LogP contribution in [0.25, 0.3) is 0 Å². The molecule has 2 rings (SSSR count). The van der Waals surface area contributed by atoms with E-state index in [1.165, 1.54) is 0 Å². The maximum absolute atomic E-state index is 12.5. The fourth-order valence-electron chi connectivity index (χ4n) is 2.92. The highest BCUT2D eigenvalue weighted by Crippen LogP contribution is 2.14. The van der Waals surface area contributed by atoms with Crippen LogP contribution in [0.4, 0.5) is 0 Å². The van der Waals surface area contributed by atoms with Crippen molar-refractivity contribution >= 4 is 11.8 Å². The monoisotopic (exact) mass is 477 g/mol. The van der Waals surface area contributed by atoms with Gasteiger partial charge in [-0.2, -0.15) is 0 Å². The van der Waals surface area contributed by atoms with Gasteiger partial charge in [0, 0.05) is 19.5 Å². The molecule has 0 bridgehead atoms. The van der Waals surface area contributed by atoms with Crippen molar-refractivity contribution in [3.63, 3.8) is 0 Å². The number of aliphatic hydroxyl groups excluding tert-OH is 1. The van der Waals surface area contributed by atoms with Crippen LogP contribution in [0.1, 0.15) is 44.1 Å². The Bertz CT molecular complexity index is 870. The Hall–Kier alpha value is -2.93. The number of tetrazole rings is 1. The average Bonchev–Trinajstić information content (AvgIpc) is 3.26. The highest BCUT2D eigenvalue weighted by molar-refractivity contribution is 5.85. The van der Waals surface area contributed by atoms with E-state index in [1.54, 1.807) is 18.5 Å². The summed E-state index contributed by atoms with van der Waals surface area (Å²) in [4.78, 5) is 24.5. The number of hydrogen-bond donors (Lipinski definition) is 4. The van der Waals surface area contributed by atoms with E-state index in [0.717, 1.165) is 5.56 Å². The zero-order valence-corrected chi connectivity index (χ0v) is 19.8. The van der Waals surface area contributed by atoms with Crippen molar-refractivity contribution < 1.29 is 24.2 Å². The van der Waals surface area contributed by atoms with Gasteiger partial charge in [-0.15, -0.1) is 5.10 Å². The molecule has 0 saturated carbocycles. The van der Waals surface area contributed by atoms with Crippen LogP contribution in [0.2, 0.25) is 0 Å². The zero-order chi connectivity index (χ0) is 24.8. The number of ether oxygens (including phenoxy) is 2. The molecule has 0 unspecified atom stereocenters. The molecule has 0 saturated heterocycles. The van der Waals surface area contributed by atoms with Gasteiger partial charge in [0.15, 0.2) is 5.82 Å². The second-order valence-corrected chi connectivity index (χ2v) is 8.30. The minimum atomic E-state index is -1.09. The maximum atomic E-state index is 12.5. The van der Waals surface area contributed by atoms with Crippen LogP contribution in [0.3, 0.4) is 0 Å². The first-order valence-corrected chi connectivity index (χ1v) is 11.2. The van der Waals surface area contributed by atoms with Gasteiger partial charge in [0.2, 0.25) is 11.8 Å².